The Morgan fingerprint density at radius 2 is 0.612 bits per heavy atom. The number of rotatable bonds is 52. The van der Waals surface area contributed by atoms with E-state index >= 15 is 0 Å². The maximum absolute atomic E-state index is 12.7. The molecule has 0 rings (SSSR count). The van der Waals surface area contributed by atoms with E-state index in [2.05, 4.69) is 81.5 Å². The molecular weight excluding hydrogens is 829 g/mol. The van der Waals surface area contributed by atoms with Crippen LogP contribution in [0.2, 0.25) is 0 Å². The van der Waals surface area contributed by atoms with Gasteiger partial charge in [0.1, 0.15) is 13.2 Å². The molecule has 0 aliphatic rings. The van der Waals surface area contributed by atoms with Crippen molar-refractivity contribution in [3.8, 4) is 0 Å². The summed E-state index contributed by atoms with van der Waals surface area (Å²) in [5.41, 5.74) is 0. The van der Waals surface area contributed by atoms with E-state index in [-0.39, 0.29) is 31.1 Å². The Morgan fingerprint density at radius 3 is 0.985 bits per heavy atom. The van der Waals surface area contributed by atoms with Crippen molar-refractivity contribution in [1.29, 1.82) is 0 Å². The van der Waals surface area contributed by atoms with Crippen LogP contribution in [-0.4, -0.2) is 37.2 Å². The van der Waals surface area contributed by atoms with Crippen LogP contribution in [0.15, 0.2) is 60.8 Å². The monoisotopic (exact) mass is 937 g/mol. The molecule has 6 heteroatoms. The van der Waals surface area contributed by atoms with Gasteiger partial charge < -0.3 is 14.2 Å². The molecule has 0 bridgehead atoms. The fraction of sp³-hybridized carbons (Fsp3) is 0.787. The number of esters is 3. The van der Waals surface area contributed by atoms with Gasteiger partial charge in [0.25, 0.3) is 0 Å². The first-order chi connectivity index (χ1) is 33.0. The first-order valence-electron chi connectivity index (χ1n) is 28.8. The third-order valence-electron chi connectivity index (χ3n) is 12.5. The van der Waals surface area contributed by atoms with Crippen molar-refractivity contribution in [1.82, 2.24) is 0 Å². The van der Waals surface area contributed by atoms with Gasteiger partial charge in [-0.1, -0.05) is 255 Å². The lowest BCUT2D eigenvalue weighted by atomic mass is 10.0. The van der Waals surface area contributed by atoms with Gasteiger partial charge in [0, 0.05) is 19.3 Å². The van der Waals surface area contributed by atoms with Crippen LogP contribution in [0.1, 0.15) is 290 Å². The lowest BCUT2D eigenvalue weighted by molar-refractivity contribution is -0.167. The smallest absolute Gasteiger partial charge is 0.306 e. The summed E-state index contributed by atoms with van der Waals surface area (Å²) < 4.78 is 16.7. The Balaban J connectivity index is 3.97. The summed E-state index contributed by atoms with van der Waals surface area (Å²) in [6.07, 6.45) is 69.7. The van der Waals surface area contributed by atoms with Crippen molar-refractivity contribution >= 4 is 17.9 Å². The zero-order chi connectivity index (χ0) is 48.6. The predicted octanol–water partition coefficient (Wildman–Crippen LogP) is 19.2. The number of ether oxygens (including phenoxy) is 3. The quantitative estimate of drug-likeness (QED) is 0.0262. The minimum Gasteiger partial charge on any atom is -0.462 e. The minimum atomic E-state index is -0.771. The highest BCUT2D eigenvalue weighted by Gasteiger charge is 2.19. The van der Waals surface area contributed by atoms with Crippen molar-refractivity contribution in [3.05, 3.63) is 60.8 Å². The second-order valence-electron chi connectivity index (χ2n) is 19.2. The molecule has 0 aromatic heterocycles. The summed E-state index contributed by atoms with van der Waals surface area (Å²) in [6, 6.07) is 0. The van der Waals surface area contributed by atoms with Gasteiger partial charge in [0.05, 0.1) is 0 Å². The van der Waals surface area contributed by atoms with Gasteiger partial charge in [0.15, 0.2) is 6.10 Å². The van der Waals surface area contributed by atoms with Crippen LogP contribution in [0.3, 0.4) is 0 Å². The van der Waals surface area contributed by atoms with Gasteiger partial charge in [-0.3, -0.25) is 14.4 Å². The summed E-state index contributed by atoms with van der Waals surface area (Å²) in [5, 5.41) is 0. The molecule has 0 aromatic carbocycles. The van der Waals surface area contributed by atoms with E-state index in [9.17, 15) is 14.4 Å². The fourth-order valence-electron chi connectivity index (χ4n) is 8.20. The van der Waals surface area contributed by atoms with E-state index in [0.717, 1.165) is 103 Å². The summed E-state index contributed by atoms with van der Waals surface area (Å²) in [4.78, 5) is 37.8. The molecule has 388 valence electrons. The number of unbranched alkanes of at least 4 members (excludes halogenated alkanes) is 31. The molecule has 67 heavy (non-hydrogen) atoms. The van der Waals surface area contributed by atoms with Crippen LogP contribution in [-0.2, 0) is 28.6 Å². The van der Waals surface area contributed by atoms with Crippen molar-refractivity contribution in [2.24, 2.45) is 0 Å². The SMILES string of the molecule is CC/C=C\C/C=C\C/C=C\C/C=C\CCCCCCCCCCCCCCCCCCCCC(=O)OCC(COC(=O)CCCCCCCCCC)OC(=O)CCCCCCC/C=C\CCC. The molecule has 0 amide bonds. The van der Waals surface area contributed by atoms with Crippen molar-refractivity contribution in [2.45, 2.75) is 297 Å². The van der Waals surface area contributed by atoms with Crippen LogP contribution in [0, 0.1) is 0 Å². The average molecular weight is 938 g/mol. The van der Waals surface area contributed by atoms with E-state index < -0.39 is 6.10 Å². The second kappa shape index (κ2) is 55.7. The Kier molecular flexibility index (Phi) is 53.3. The predicted molar refractivity (Wildman–Crippen MR) is 288 cm³/mol. The normalized spacial score (nSPS) is 12.5. The van der Waals surface area contributed by atoms with Gasteiger partial charge in [-0.05, 0) is 77.0 Å². The van der Waals surface area contributed by atoms with Crippen molar-refractivity contribution in [2.75, 3.05) is 13.2 Å². The van der Waals surface area contributed by atoms with E-state index in [1.807, 2.05) is 0 Å². The zero-order valence-electron chi connectivity index (χ0n) is 44.4. The lowest BCUT2D eigenvalue weighted by Crippen LogP contribution is -2.30. The third kappa shape index (κ3) is 53.9. The number of allylic oxidation sites excluding steroid dienone is 10. The highest BCUT2D eigenvalue weighted by Crippen LogP contribution is 2.16. The van der Waals surface area contributed by atoms with E-state index in [0.29, 0.717) is 19.3 Å². The molecule has 0 saturated carbocycles. The van der Waals surface area contributed by atoms with Gasteiger partial charge in [-0.2, -0.15) is 0 Å². The Bertz CT molecular complexity index is 1210. The topological polar surface area (TPSA) is 78.9 Å². The molecule has 0 heterocycles. The molecule has 0 aliphatic carbocycles. The Morgan fingerprint density at radius 1 is 0.313 bits per heavy atom. The largest absolute Gasteiger partial charge is 0.462 e. The molecule has 0 saturated heterocycles. The molecule has 0 N–H and O–H groups in total. The zero-order valence-corrected chi connectivity index (χ0v) is 44.4. The first kappa shape index (κ1) is 64.1. The maximum atomic E-state index is 12.7. The molecular formula is C61H108O6. The lowest BCUT2D eigenvalue weighted by Gasteiger charge is -2.18. The highest BCUT2D eigenvalue weighted by molar-refractivity contribution is 5.71. The number of carbonyl (C=O) groups is 3. The van der Waals surface area contributed by atoms with Crippen LogP contribution >= 0.6 is 0 Å². The van der Waals surface area contributed by atoms with E-state index in [1.165, 1.54) is 148 Å². The second-order valence-corrected chi connectivity index (χ2v) is 19.2. The molecule has 0 radical (unpaired) electrons. The minimum absolute atomic E-state index is 0.0736. The third-order valence-corrected chi connectivity index (χ3v) is 12.5. The van der Waals surface area contributed by atoms with Crippen LogP contribution in [0.25, 0.3) is 0 Å². The summed E-state index contributed by atoms with van der Waals surface area (Å²) in [7, 11) is 0. The average Bonchev–Trinajstić information content (AvgIpc) is 3.33. The maximum Gasteiger partial charge on any atom is 0.306 e. The Labute approximate surface area is 415 Å². The molecule has 0 aromatic rings. The Hall–Kier alpha value is -2.89. The standard InChI is InChI=1S/C61H108O6/c1-4-7-10-13-16-19-21-22-23-24-25-26-27-28-29-30-31-32-33-34-35-36-37-38-39-40-41-43-45-48-51-54-60(63)66-57-58(56-65-59(62)53-50-47-44-18-15-12-9-6-3)67-61(64)55-52-49-46-42-20-17-14-11-8-5-2/h7,10-11,14,16,19,22-23,25-26,58H,4-6,8-9,12-13,15,17-18,20-21,24,27-57H2,1-3H3/b10-7-,14-11-,19-16-,23-22-,26-25-. The molecule has 1 unspecified atom stereocenters. The molecule has 0 fully saturated rings. The summed E-state index contributed by atoms with van der Waals surface area (Å²) in [6.45, 7) is 6.44. The van der Waals surface area contributed by atoms with Crippen LogP contribution in [0.4, 0.5) is 0 Å². The summed E-state index contributed by atoms with van der Waals surface area (Å²) in [5.74, 6) is -0.880. The van der Waals surface area contributed by atoms with Gasteiger partial charge in [-0.25, -0.2) is 0 Å². The molecule has 0 spiro atoms. The number of hydrogen-bond acceptors (Lipinski definition) is 6. The van der Waals surface area contributed by atoms with Crippen molar-refractivity contribution in [3.63, 3.8) is 0 Å². The van der Waals surface area contributed by atoms with Crippen LogP contribution in [0.5, 0.6) is 0 Å². The number of carbonyl (C=O) groups excluding carboxylic acids is 3. The van der Waals surface area contributed by atoms with Crippen LogP contribution < -0.4 is 0 Å². The van der Waals surface area contributed by atoms with Crippen molar-refractivity contribution < 1.29 is 28.6 Å². The molecule has 0 aliphatic heterocycles. The first-order valence-corrected chi connectivity index (χ1v) is 28.8. The highest BCUT2D eigenvalue weighted by atomic mass is 16.6. The van der Waals surface area contributed by atoms with Gasteiger partial charge >= 0.3 is 17.9 Å². The van der Waals surface area contributed by atoms with Gasteiger partial charge in [0.2, 0.25) is 0 Å². The molecule has 6 nitrogen and oxygen atoms in total. The van der Waals surface area contributed by atoms with Gasteiger partial charge in [-0.15, -0.1) is 0 Å². The summed E-state index contributed by atoms with van der Waals surface area (Å²) >= 11 is 0. The van der Waals surface area contributed by atoms with E-state index in [4.69, 9.17) is 14.2 Å². The fourth-order valence-corrected chi connectivity index (χ4v) is 8.20. The van der Waals surface area contributed by atoms with E-state index in [1.54, 1.807) is 0 Å². The molecule has 1 atom stereocenters. The number of hydrogen-bond donors (Lipinski definition) is 0.